The molecular formula is C28H29Cl4N3O4S. The molecule has 40 heavy (non-hydrogen) atoms. The van der Waals surface area contributed by atoms with E-state index in [9.17, 15) is 18.0 Å². The number of hydrogen-bond acceptors (Lipinski definition) is 4. The first-order chi connectivity index (χ1) is 18.7. The highest BCUT2D eigenvalue weighted by atomic mass is 35.5. The maximum absolute atomic E-state index is 14.0. The quantitative estimate of drug-likeness (QED) is 0.265. The van der Waals surface area contributed by atoms with Crippen molar-refractivity contribution in [3.8, 4) is 0 Å². The number of hydrogen-bond donors (Lipinski definition) is 1. The minimum atomic E-state index is -4.29. The molecule has 0 saturated carbocycles. The van der Waals surface area contributed by atoms with Gasteiger partial charge in [0.1, 0.15) is 12.6 Å². The fourth-order valence-corrected chi connectivity index (χ4v) is 6.20. The summed E-state index contributed by atoms with van der Waals surface area (Å²) in [7, 11) is -4.29. The van der Waals surface area contributed by atoms with Gasteiger partial charge in [-0.15, -0.1) is 0 Å². The van der Waals surface area contributed by atoms with E-state index >= 15 is 0 Å². The number of sulfonamides is 1. The zero-order valence-corrected chi connectivity index (χ0v) is 26.1. The molecule has 0 aliphatic rings. The van der Waals surface area contributed by atoms with Crippen molar-refractivity contribution in [3.05, 3.63) is 91.9 Å². The first-order valence-electron chi connectivity index (χ1n) is 12.3. The van der Waals surface area contributed by atoms with Crippen LogP contribution in [0.5, 0.6) is 0 Å². The molecular weight excluding hydrogens is 616 g/mol. The number of halogens is 4. The lowest BCUT2D eigenvalue weighted by Gasteiger charge is -2.32. The van der Waals surface area contributed by atoms with Crippen molar-refractivity contribution in [2.24, 2.45) is 0 Å². The third-order valence-electron chi connectivity index (χ3n) is 6.04. The van der Waals surface area contributed by atoms with E-state index in [2.05, 4.69) is 5.32 Å². The Labute approximate surface area is 255 Å². The zero-order chi connectivity index (χ0) is 29.8. The summed E-state index contributed by atoms with van der Waals surface area (Å²) in [6.45, 7) is 6.23. The Kier molecular flexibility index (Phi) is 10.8. The smallest absolute Gasteiger partial charge is 0.264 e. The third kappa shape index (κ3) is 7.62. The van der Waals surface area contributed by atoms with Crippen LogP contribution in [0.1, 0.15) is 31.9 Å². The predicted octanol–water partition coefficient (Wildman–Crippen LogP) is 6.75. The van der Waals surface area contributed by atoms with Crippen LogP contribution in [-0.2, 0) is 26.2 Å². The van der Waals surface area contributed by atoms with E-state index in [0.717, 1.165) is 9.87 Å². The second-order valence-corrected chi connectivity index (χ2v) is 13.0. The third-order valence-corrected chi connectivity index (χ3v) is 9.21. The molecule has 3 aromatic rings. The molecule has 12 heteroatoms. The van der Waals surface area contributed by atoms with Crippen LogP contribution in [0, 0.1) is 6.92 Å². The van der Waals surface area contributed by atoms with Gasteiger partial charge >= 0.3 is 0 Å². The van der Waals surface area contributed by atoms with Crippen LogP contribution in [0.25, 0.3) is 0 Å². The number of aryl methyl sites for hydroxylation is 1. The van der Waals surface area contributed by atoms with E-state index in [4.69, 9.17) is 46.4 Å². The van der Waals surface area contributed by atoms with Gasteiger partial charge in [0.05, 0.1) is 20.6 Å². The van der Waals surface area contributed by atoms with Crippen molar-refractivity contribution in [3.63, 3.8) is 0 Å². The van der Waals surface area contributed by atoms with Crippen molar-refractivity contribution < 1.29 is 18.0 Å². The Bertz CT molecular complexity index is 1500. The first-order valence-corrected chi connectivity index (χ1v) is 15.2. The molecule has 1 unspecified atom stereocenters. The number of anilines is 1. The fraction of sp³-hybridized carbons (Fsp3) is 0.286. The number of benzene rings is 3. The van der Waals surface area contributed by atoms with Crippen molar-refractivity contribution >= 4 is 73.9 Å². The summed E-state index contributed by atoms with van der Waals surface area (Å²) in [5.74, 6) is -1.08. The van der Waals surface area contributed by atoms with Crippen LogP contribution < -0.4 is 9.62 Å². The molecule has 0 spiro atoms. The van der Waals surface area contributed by atoms with Gasteiger partial charge < -0.3 is 10.2 Å². The lowest BCUT2D eigenvalue weighted by molar-refractivity contribution is -0.139. The van der Waals surface area contributed by atoms with Gasteiger partial charge in [0, 0.05) is 22.6 Å². The largest absolute Gasteiger partial charge is 0.352 e. The monoisotopic (exact) mass is 643 g/mol. The average Bonchev–Trinajstić information content (AvgIpc) is 2.88. The Morgan fingerprint density at radius 1 is 0.900 bits per heavy atom. The maximum Gasteiger partial charge on any atom is 0.264 e. The van der Waals surface area contributed by atoms with Crippen LogP contribution in [0.3, 0.4) is 0 Å². The van der Waals surface area contributed by atoms with E-state index in [1.165, 1.54) is 41.3 Å². The summed E-state index contributed by atoms with van der Waals surface area (Å²) in [4.78, 5) is 28.2. The average molecular weight is 645 g/mol. The lowest BCUT2D eigenvalue weighted by atomic mass is 10.1. The first kappa shape index (κ1) is 32.0. The highest BCUT2D eigenvalue weighted by Crippen LogP contribution is 2.35. The molecule has 2 amide bonds. The Morgan fingerprint density at radius 3 is 2.15 bits per heavy atom. The topological polar surface area (TPSA) is 86.8 Å². The van der Waals surface area contributed by atoms with Gasteiger partial charge in [-0.05, 0) is 69.7 Å². The number of amides is 2. The summed E-state index contributed by atoms with van der Waals surface area (Å²) in [6.07, 6.45) is 0. The Morgan fingerprint density at radius 2 is 1.55 bits per heavy atom. The molecule has 0 heterocycles. The second-order valence-electron chi connectivity index (χ2n) is 9.49. The molecule has 1 atom stereocenters. The second kappa shape index (κ2) is 13.4. The Hall–Kier alpha value is -2.49. The molecule has 0 bridgehead atoms. The molecule has 7 nitrogen and oxygen atoms in total. The normalized spacial score (nSPS) is 12.2. The summed E-state index contributed by atoms with van der Waals surface area (Å²) >= 11 is 25.1. The SMILES string of the molecule is Cc1ccc(S(=O)(=O)N(CC(=O)N(Cc2ccc(Cl)cc2Cl)C(C)C(=O)NC(C)C)c2cccc(Cl)c2Cl)cc1. The summed E-state index contributed by atoms with van der Waals surface area (Å²) in [5.41, 5.74) is 1.41. The molecule has 0 saturated heterocycles. The van der Waals surface area contributed by atoms with Crippen LogP contribution in [0.4, 0.5) is 5.69 Å². The van der Waals surface area contributed by atoms with Gasteiger partial charge in [-0.2, -0.15) is 0 Å². The molecule has 214 valence electrons. The molecule has 0 aromatic heterocycles. The van der Waals surface area contributed by atoms with Gasteiger partial charge in [-0.1, -0.05) is 76.2 Å². The highest BCUT2D eigenvalue weighted by molar-refractivity contribution is 7.92. The number of rotatable bonds is 10. The Balaban J connectivity index is 2.10. The van der Waals surface area contributed by atoms with Crippen molar-refractivity contribution in [1.29, 1.82) is 0 Å². The predicted molar refractivity (Wildman–Crippen MR) is 162 cm³/mol. The lowest BCUT2D eigenvalue weighted by Crippen LogP contribution is -2.52. The van der Waals surface area contributed by atoms with Gasteiger partial charge in [0.15, 0.2) is 0 Å². The van der Waals surface area contributed by atoms with E-state index < -0.39 is 34.4 Å². The van der Waals surface area contributed by atoms with E-state index in [1.807, 2.05) is 6.92 Å². The molecule has 0 aliphatic heterocycles. The molecule has 0 radical (unpaired) electrons. The van der Waals surface area contributed by atoms with Gasteiger partial charge in [0.25, 0.3) is 10.0 Å². The maximum atomic E-state index is 14.0. The van der Waals surface area contributed by atoms with Crippen LogP contribution >= 0.6 is 46.4 Å². The summed E-state index contributed by atoms with van der Waals surface area (Å²) < 4.78 is 28.7. The minimum Gasteiger partial charge on any atom is -0.352 e. The number of nitrogens with one attached hydrogen (secondary N) is 1. The van der Waals surface area contributed by atoms with Crippen LogP contribution in [-0.4, -0.2) is 43.8 Å². The van der Waals surface area contributed by atoms with Crippen LogP contribution in [0.15, 0.2) is 65.6 Å². The van der Waals surface area contributed by atoms with Gasteiger partial charge in [-0.25, -0.2) is 8.42 Å². The van der Waals surface area contributed by atoms with Gasteiger partial charge in [-0.3, -0.25) is 13.9 Å². The minimum absolute atomic E-state index is 0.0202. The highest BCUT2D eigenvalue weighted by Gasteiger charge is 2.34. The van der Waals surface area contributed by atoms with Crippen molar-refractivity contribution in [1.82, 2.24) is 10.2 Å². The van der Waals surface area contributed by atoms with E-state index in [0.29, 0.717) is 15.6 Å². The van der Waals surface area contributed by atoms with Gasteiger partial charge in [0.2, 0.25) is 11.8 Å². The van der Waals surface area contributed by atoms with Crippen molar-refractivity contribution in [2.75, 3.05) is 10.8 Å². The van der Waals surface area contributed by atoms with Crippen molar-refractivity contribution in [2.45, 2.75) is 51.2 Å². The number of nitrogens with zero attached hydrogens (tertiary/aromatic N) is 2. The molecule has 0 fully saturated rings. The molecule has 0 aliphatic carbocycles. The van der Waals surface area contributed by atoms with Crippen LogP contribution in [0.2, 0.25) is 20.1 Å². The fourth-order valence-electron chi connectivity index (χ4n) is 3.86. The number of carbonyl (C=O) groups is 2. The molecule has 3 aromatic carbocycles. The van der Waals surface area contributed by atoms with E-state index in [1.54, 1.807) is 45.0 Å². The zero-order valence-electron chi connectivity index (χ0n) is 22.3. The standard InChI is InChI=1S/C28H29Cl4N3O4S/c1-17(2)33-28(37)19(4)34(15-20-10-11-21(29)14-24(20)31)26(36)16-35(25-7-5-6-23(30)27(25)32)40(38,39)22-12-8-18(3)9-13-22/h5-14,17,19H,15-16H2,1-4H3,(H,33,37). The summed E-state index contributed by atoms with van der Waals surface area (Å²) in [5, 5.41) is 3.57. The summed E-state index contributed by atoms with van der Waals surface area (Å²) in [6, 6.07) is 14.3. The number of carbonyl (C=O) groups excluding carboxylic acids is 2. The molecule has 3 rings (SSSR count). The molecule has 1 N–H and O–H groups in total. The van der Waals surface area contributed by atoms with E-state index in [-0.39, 0.29) is 33.2 Å².